The van der Waals surface area contributed by atoms with Crippen LogP contribution in [0, 0.1) is 0 Å². The van der Waals surface area contributed by atoms with E-state index >= 15 is 0 Å². The summed E-state index contributed by atoms with van der Waals surface area (Å²) in [4.78, 5) is 23.8. The quantitative estimate of drug-likeness (QED) is 0.503. The molecule has 0 atom stereocenters. The van der Waals surface area contributed by atoms with Gasteiger partial charge in [-0.25, -0.2) is 4.98 Å². The second kappa shape index (κ2) is 9.92. The van der Waals surface area contributed by atoms with Crippen LogP contribution in [0.4, 0.5) is 5.13 Å². The fourth-order valence-electron chi connectivity index (χ4n) is 3.63. The summed E-state index contributed by atoms with van der Waals surface area (Å²) in [5, 5.41) is 0.776. The smallest absolute Gasteiger partial charge is 0.260 e. The number of thiazole rings is 1. The zero-order valence-electron chi connectivity index (χ0n) is 17.5. The lowest BCUT2D eigenvalue weighted by molar-refractivity contribution is 0.0391. The Morgan fingerprint density at radius 1 is 1.20 bits per heavy atom. The lowest BCUT2D eigenvalue weighted by atomic mass is 10.1. The van der Waals surface area contributed by atoms with E-state index in [1.54, 1.807) is 23.1 Å². The number of nitrogens with zero attached hydrogens (tertiary/aromatic N) is 3. The Hall–Kier alpha value is -1.93. The Bertz CT molecular complexity index is 997. The highest BCUT2D eigenvalue weighted by molar-refractivity contribution is 7.98. The predicted octanol–water partition coefficient (Wildman–Crippen LogP) is 4.56. The number of amides is 1. The molecule has 1 aliphatic rings. The third-order valence-corrected chi connectivity index (χ3v) is 7.22. The van der Waals surface area contributed by atoms with Crippen molar-refractivity contribution in [3.05, 3.63) is 53.6 Å². The fraction of sp³-hybridized carbons (Fsp3) is 0.391. The summed E-state index contributed by atoms with van der Waals surface area (Å²) in [5.41, 5.74) is 2.94. The topological polar surface area (TPSA) is 45.7 Å². The number of hydrogen-bond donors (Lipinski definition) is 0. The molecule has 1 aliphatic heterocycles. The molecule has 0 saturated carbocycles. The van der Waals surface area contributed by atoms with Gasteiger partial charge in [-0.15, -0.1) is 11.8 Å². The van der Waals surface area contributed by atoms with Gasteiger partial charge in [0.25, 0.3) is 5.91 Å². The van der Waals surface area contributed by atoms with E-state index in [-0.39, 0.29) is 5.91 Å². The van der Waals surface area contributed by atoms with Crippen LogP contribution in [-0.4, -0.2) is 61.4 Å². The lowest BCUT2D eigenvalue weighted by Gasteiger charge is -2.29. The summed E-state index contributed by atoms with van der Waals surface area (Å²) in [6, 6.07) is 14.1. The average Bonchev–Trinajstić information content (AvgIpc) is 3.24. The molecule has 0 bridgehead atoms. The summed E-state index contributed by atoms with van der Waals surface area (Å²) >= 11 is 3.28. The third-order valence-electron chi connectivity index (χ3n) is 5.43. The van der Waals surface area contributed by atoms with Crippen molar-refractivity contribution in [2.24, 2.45) is 0 Å². The van der Waals surface area contributed by atoms with Gasteiger partial charge in [0.2, 0.25) is 0 Å². The van der Waals surface area contributed by atoms with Crippen LogP contribution in [0.3, 0.4) is 0 Å². The van der Waals surface area contributed by atoms with Gasteiger partial charge >= 0.3 is 0 Å². The number of morpholine rings is 1. The van der Waals surface area contributed by atoms with Gasteiger partial charge in [0, 0.05) is 36.6 Å². The van der Waals surface area contributed by atoms with Gasteiger partial charge < -0.3 is 4.74 Å². The van der Waals surface area contributed by atoms with Crippen LogP contribution in [0.25, 0.3) is 10.2 Å². The first-order valence-corrected chi connectivity index (χ1v) is 12.4. The molecule has 4 rings (SSSR count). The van der Waals surface area contributed by atoms with Crippen molar-refractivity contribution < 1.29 is 9.53 Å². The Morgan fingerprint density at radius 3 is 2.67 bits per heavy atom. The van der Waals surface area contributed by atoms with E-state index in [1.165, 1.54) is 5.56 Å². The highest BCUT2D eigenvalue weighted by Gasteiger charge is 2.23. The molecular weight excluding hydrogens is 414 g/mol. The van der Waals surface area contributed by atoms with Gasteiger partial charge in [-0.2, -0.15) is 0 Å². The molecule has 0 spiro atoms. The minimum atomic E-state index is 0.00742. The number of para-hydroxylation sites is 1. The molecule has 7 heteroatoms. The Kier molecular flexibility index (Phi) is 7.04. The summed E-state index contributed by atoms with van der Waals surface area (Å²) in [6.07, 6.45) is 2.97. The normalized spacial score (nSPS) is 14.9. The van der Waals surface area contributed by atoms with E-state index in [1.807, 2.05) is 35.4 Å². The zero-order valence-corrected chi connectivity index (χ0v) is 19.1. The zero-order chi connectivity index (χ0) is 20.9. The maximum atomic E-state index is 13.5. The van der Waals surface area contributed by atoms with E-state index < -0.39 is 0 Å². The molecule has 1 saturated heterocycles. The number of anilines is 1. The van der Waals surface area contributed by atoms with E-state index in [0.29, 0.717) is 12.1 Å². The Balaban J connectivity index is 1.64. The number of thioether (sulfide) groups is 1. The summed E-state index contributed by atoms with van der Waals surface area (Å²) < 4.78 is 6.59. The molecule has 2 aromatic carbocycles. The predicted molar refractivity (Wildman–Crippen MR) is 126 cm³/mol. The van der Waals surface area contributed by atoms with Crippen LogP contribution in [0.15, 0.2) is 47.4 Å². The monoisotopic (exact) mass is 441 g/mol. The van der Waals surface area contributed by atoms with Crippen molar-refractivity contribution >= 4 is 44.4 Å². The van der Waals surface area contributed by atoms with E-state index in [4.69, 9.17) is 9.72 Å². The fourth-order valence-corrected chi connectivity index (χ4v) is 5.08. The molecule has 0 unspecified atom stereocenters. The van der Waals surface area contributed by atoms with Crippen molar-refractivity contribution in [2.45, 2.75) is 18.2 Å². The highest BCUT2D eigenvalue weighted by atomic mass is 32.2. The SMILES string of the molecule is CCc1cccc2sc(N(CCN3CCOCC3)C(=O)c3ccc(SC)cc3)nc12. The maximum absolute atomic E-state index is 13.5. The summed E-state index contributed by atoms with van der Waals surface area (Å²) in [6.45, 7) is 6.89. The van der Waals surface area contributed by atoms with Gasteiger partial charge in [0.05, 0.1) is 23.4 Å². The van der Waals surface area contributed by atoms with Crippen LogP contribution in [-0.2, 0) is 11.2 Å². The molecule has 1 amide bonds. The van der Waals surface area contributed by atoms with Crippen molar-refractivity contribution in [1.29, 1.82) is 0 Å². The standard InChI is InChI=1S/C23H27N3O2S2/c1-3-17-5-4-6-20-21(17)24-23(30-20)26(12-11-25-13-15-28-16-14-25)22(27)18-7-9-19(29-2)10-8-18/h4-10H,3,11-16H2,1-2H3. The van der Waals surface area contributed by atoms with Gasteiger partial charge in [-0.1, -0.05) is 30.4 Å². The summed E-state index contributed by atoms with van der Waals surface area (Å²) in [5.74, 6) is 0.00742. The van der Waals surface area contributed by atoms with Gasteiger partial charge in [-0.05, 0) is 48.6 Å². The van der Waals surface area contributed by atoms with Crippen LogP contribution in [0.1, 0.15) is 22.8 Å². The molecule has 1 fully saturated rings. The van der Waals surface area contributed by atoms with Crippen LogP contribution in [0.5, 0.6) is 0 Å². The van der Waals surface area contributed by atoms with Crippen molar-refractivity contribution in [1.82, 2.24) is 9.88 Å². The molecule has 0 aliphatic carbocycles. The number of carbonyl (C=O) groups is 1. The molecule has 158 valence electrons. The number of aromatic nitrogens is 1. The second-order valence-corrected chi connectivity index (χ2v) is 9.14. The number of benzene rings is 2. The van der Waals surface area contributed by atoms with Crippen LogP contribution < -0.4 is 4.90 Å². The van der Waals surface area contributed by atoms with Crippen LogP contribution >= 0.6 is 23.1 Å². The number of fused-ring (bicyclic) bond motifs is 1. The average molecular weight is 442 g/mol. The van der Waals surface area contributed by atoms with Gasteiger partial charge in [-0.3, -0.25) is 14.6 Å². The minimum Gasteiger partial charge on any atom is -0.379 e. The Labute approximate surface area is 186 Å². The van der Waals surface area contributed by atoms with Crippen molar-refractivity contribution in [3.63, 3.8) is 0 Å². The van der Waals surface area contributed by atoms with Crippen LogP contribution in [0.2, 0.25) is 0 Å². The minimum absolute atomic E-state index is 0.00742. The summed E-state index contributed by atoms with van der Waals surface area (Å²) in [7, 11) is 0. The number of carbonyl (C=O) groups excluding carboxylic acids is 1. The number of rotatable bonds is 7. The molecule has 2 heterocycles. The molecule has 0 N–H and O–H groups in total. The third kappa shape index (κ3) is 4.70. The van der Waals surface area contributed by atoms with Gasteiger partial charge in [0.15, 0.2) is 5.13 Å². The lowest BCUT2D eigenvalue weighted by Crippen LogP contribution is -2.43. The number of aryl methyl sites for hydroxylation is 1. The second-order valence-electron chi connectivity index (χ2n) is 7.25. The largest absolute Gasteiger partial charge is 0.379 e. The molecule has 1 aromatic heterocycles. The first-order valence-electron chi connectivity index (χ1n) is 10.3. The first kappa shape index (κ1) is 21.3. The first-order chi connectivity index (χ1) is 14.7. The number of hydrogen-bond acceptors (Lipinski definition) is 6. The molecular formula is C23H27N3O2S2. The highest BCUT2D eigenvalue weighted by Crippen LogP contribution is 2.32. The van der Waals surface area contributed by atoms with Crippen molar-refractivity contribution in [2.75, 3.05) is 50.5 Å². The molecule has 5 nitrogen and oxygen atoms in total. The number of ether oxygens (including phenoxy) is 1. The molecule has 3 aromatic rings. The van der Waals surface area contributed by atoms with Gasteiger partial charge in [0.1, 0.15) is 0 Å². The van der Waals surface area contributed by atoms with Crippen molar-refractivity contribution in [3.8, 4) is 0 Å². The maximum Gasteiger partial charge on any atom is 0.260 e. The Morgan fingerprint density at radius 2 is 1.97 bits per heavy atom. The van der Waals surface area contributed by atoms with E-state index in [2.05, 4.69) is 30.0 Å². The van der Waals surface area contributed by atoms with E-state index in [9.17, 15) is 4.79 Å². The molecule has 0 radical (unpaired) electrons. The van der Waals surface area contributed by atoms with E-state index in [0.717, 1.165) is 59.5 Å². The molecule has 30 heavy (non-hydrogen) atoms.